The molecule has 1 N–H and O–H groups in total. The Morgan fingerprint density at radius 1 is 1.41 bits per heavy atom. The second-order valence-corrected chi connectivity index (χ2v) is 7.15. The van der Waals surface area contributed by atoms with Gasteiger partial charge in [0, 0.05) is 11.5 Å². The molecule has 2 bridgehead atoms. The van der Waals surface area contributed by atoms with Crippen LogP contribution in [-0.4, -0.2) is 35.0 Å². The molecule has 0 saturated carbocycles. The van der Waals surface area contributed by atoms with Crippen LogP contribution in [0.25, 0.3) is 5.57 Å². The first-order valence-electron chi connectivity index (χ1n) is 7.55. The van der Waals surface area contributed by atoms with E-state index < -0.39 is 0 Å². The number of benzene rings is 1. The highest BCUT2D eigenvalue weighted by Crippen LogP contribution is 2.50. The minimum absolute atomic E-state index is 0.162. The highest BCUT2D eigenvalue weighted by molar-refractivity contribution is 8.01. The van der Waals surface area contributed by atoms with Crippen molar-refractivity contribution < 1.29 is 14.3 Å². The average Bonchev–Trinajstić information content (AvgIpc) is 2.82. The summed E-state index contributed by atoms with van der Waals surface area (Å²) in [4.78, 5) is 4.70. The van der Waals surface area contributed by atoms with Gasteiger partial charge in [0.2, 0.25) is 0 Å². The second kappa shape index (κ2) is 6.84. The third kappa shape index (κ3) is 3.20. The number of hydrogen-bond donors (Lipinski definition) is 1. The summed E-state index contributed by atoms with van der Waals surface area (Å²) in [7, 11) is 1.53. The van der Waals surface area contributed by atoms with Gasteiger partial charge in [0.25, 0.3) is 0 Å². The first-order chi connectivity index (χ1) is 10.7. The van der Waals surface area contributed by atoms with Crippen molar-refractivity contribution in [2.45, 2.75) is 42.3 Å². The molecule has 3 nitrogen and oxygen atoms in total. The van der Waals surface area contributed by atoms with Crippen molar-refractivity contribution in [1.29, 1.82) is 0 Å². The zero-order valence-corrected chi connectivity index (χ0v) is 13.4. The van der Waals surface area contributed by atoms with Gasteiger partial charge >= 0.3 is 0 Å². The van der Waals surface area contributed by atoms with Gasteiger partial charge in [0.1, 0.15) is 12.9 Å². The third-order valence-electron chi connectivity index (χ3n) is 4.27. The molecule has 3 atom stereocenters. The number of halogens is 1. The van der Waals surface area contributed by atoms with Crippen molar-refractivity contribution >= 4 is 23.5 Å². The molecule has 2 aliphatic heterocycles. The molecule has 1 saturated heterocycles. The van der Waals surface area contributed by atoms with E-state index in [0.29, 0.717) is 5.25 Å². The molecule has 2 heterocycles. The molecular formula is C17H20FNO2S. The van der Waals surface area contributed by atoms with Crippen molar-refractivity contribution in [3.63, 3.8) is 0 Å². The first kappa shape index (κ1) is 15.6. The summed E-state index contributed by atoms with van der Waals surface area (Å²) >= 11 is 1.88. The number of oxime groups is 1. The molecule has 5 heteroatoms. The Balaban J connectivity index is 1.90. The van der Waals surface area contributed by atoms with Gasteiger partial charge < -0.3 is 9.94 Å². The van der Waals surface area contributed by atoms with Gasteiger partial charge in [-0.15, -0.1) is 11.8 Å². The summed E-state index contributed by atoms with van der Waals surface area (Å²) in [6.45, 7) is 0. The Labute approximate surface area is 134 Å². The highest BCUT2D eigenvalue weighted by Gasteiger charge is 2.41. The van der Waals surface area contributed by atoms with Crippen LogP contribution in [-0.2, 0) is 4.84 Å². The zero-order chi connectivity index (χ0) is 15.5. The maximum atomic E-state index is 13.2. The van der Waals surface area contributed by atoms with Crippen LogP contribution in [0.4, 0.5) is 4.39 Å². The number of rotatable bonds is 5. The van der Waals surface area contributed by atoms with Crippen molar-refractivity contribution in [3.05, 3.63) is 41.2 Å². The standard InChI is InChI=1S/C17H20FNO2S/c1-21-19-8-2-3-14-15(11-4-6-12(18)7-5-11)9-13-10-16(20)17(14)22-13/h4-8,13,16-17,20H,2-3,9-10H2,1H3. The van der Waals surface area contributed by atoms with E-state index in [-0.39, 0.29) is 17.2 Å². The molecular weight excluding hydrogens is 301 g/mol. The van der Waals surface area contributed by atoms with Crippen molar-refractivity contribution in [3.8, 4) is 0 Å². The Bertz CT molecular complexity index is 585. The van der Waals surface area contributed by atoms with Crippen LogP contribution in [0, 0.1) is 5.82 Å². The summed E-state index contributed by atoms with van der Waals surface area (Å²) in [6.07, 6.45) is 4.90. The van der Waals surface area contributed by atoms with Gasteiger partial charge in [-0.3, -0.25) is 0 Å². The molecule has 1 fully saturated rings. The number of hydrogen-bond acceptors (Lipinski definition) is 4. The Kier molecular flexibility index (Phi) is 4.84. The number of nitrogens with zero attached hydrogens (tertiary/aromatic N) is 1. The summed E-state index contributed by atoms with van der Waals surface area (Å²) in [5.74, 6) is -0.216. The summed E-state index contributed by atoms with van der Waals surface area (Å²) < 4.78 is 13.2. The average molecular weight is 321 g/mol. The van der Waals surface area contributed by atoms with E-state index in [1.54, 1.807) is 6.21 Å². The smallest absolute Gasteiger partial charge is 0.123 e. The van der Waals surface area contributed by atoms with E-state index in [1.165, 1.54) is 30.4 Å². The molecule has 2 aliphatic rings. The van der Waals surface area contributed by atoms with E-state index in [9.17, 15) is 9.50 Å². The topological polar surface area (TPSA) is 41.8 Å². The normalized spacial score (nSPS) is 27.7. The lowest BCUT2D eigenvalue weighted by Gasteiger charge is -2.27. The highest BCUT2D eigenvalue weighted by atomic mass is 32.2. The maximum absolute atomic E-state index is 13.2. The molecule has 0 radical (unpaired) electrons. The van der Waals surface area contributed by atoms with Crippen LogP contribution in [0.3, 0.4) is 0 Å². The summed E-state index contributed by atoms with van der Waals surface area (Å²) in [5.41, 5.74) is 3.63. The molecule has 3 unspecified atom stereocenters. The molecule has 0 spiro atoms. The fourth-order valence-electron chi connectivity index (χ4n) is 3.32. The number of aliphatic hydroxyl groups excluding tert-OH is 1. The molecule has 1 aromatic rings. The Morgan fingerprint density at radius 3 is 2.91 bits per heavy atom. The van der Waals surface area contributed by atoms with Crippen LogP contribution in [0.5, 0.6) is 0 Å². The fourth-order valence-corrected chi connectivity index (χ4v) is 5.02. The minimum atomic E-state index is -0.276. The van der Waals surface area contributed by atoms with Crippen molar-refractivity contribution in [1.82, 2.24) is 0 Å². The molecule has 1 aromatic carbocycles. The largest absolute Gasteiger partial charge is 0.399 e. The van der Waals surface area contributed by atoms with Gasteiger partial charge in [-0.05, 0) is 49.0 Å². The van der Waals surface area contributed by atoms with Gasteiger partial charge in [-0.25, -0.2) is 4.39 Å². The first-order valence-corrected chi connectivity index (χ1v) is 8.49. The molecule has 0 aromatic heterocycles. The monoisotopic (exact) mass is 321 g/mol. The lowest BCUT2D eigenvalue weighted by atomic mass is 9.92. The number of allylic oxidation sites excluding steroid dienone is 1. The minimum Gasteiger partial charge on any atom is -0.399 e. The summed E-state index contributed by atoms with van der Waals surface area (Å²) in [6, 6.07) is 6.70. The third-order valence-corrected chi connectivity index (χ3v) is 5.91. The van der Waals surface area contributed by atoms with Crippen molar-refractivity contribution in [2.75, 3.05) is 7.11 Å². The van der Waals surface area contributed by atoms with Crippen LogP contribution in [0.1, 0.15) is 31.2 Å². The Morgan fingerprint density at radius 2 is 2.18 bits per heavy atom. The Hall–Kier alpha value is -1.33. The zero-order valence-electron chi connectivity index (χ0n) is 12.5. The van der Waals surface area contributed by atoms with Crippen LogP contribution in [0.2, 0.25) is 0 Å². The van der Waals surface area contributed by atoms with Crippen LogP contribution in [0.15, 0.2) is 35.0 Å². The molecule has 0 amide bonds. The lowest BCUT2D eigenvalue weighted by Crippen LogP contribution is -2.21. The predicted octanol–water partition coefficient (Wildman–Crippen LogP) is 3.63. The van der Waals surface area contributed by atoms with Crippen molar-refractivity contribution in [2.24, 2.45) is 5.16 Å². The van der Waals surface area contributed by atoms with Gasteiger partial charge in [-0.2, -0.15) is 0 Å². The number of thioether (sulfide) groups is 1. The van der Waals surface area contributed by atoms with E-state index in [1.807, 2.05) is 23.9 Å². The lowest BCUT2D eigenvalue weighted by molar-refractivity contribution is 0.180. The van der Waals surface area contributed by atoms with E-state index in [0.717, 1.165) is 31.2 Å². The quantitative estimate of drug-likeness (QED) is 0.665. The van der Waals surface area contributed by atoms with E-state index >= 15 is 0 Å². The van der Waals surface area contributed by atoms with E-state index in [2.05, 4.69) is 5.16 Å². The number of aliphatic hydroxyl groups is 1. The molecule has 0 aliphatic carbocycles. The van der Waals surface area contributed by atoms with Crippen LogP contribution < -0.4 is 0 Å². The molecule has 22 heavy (non-hydrogen) atoms. The predicted molar refractivity (Wildman–Crippen MR) is 88.5 cm³/mol. The van der Waals surface area contributed by atoms with Gasteiger partial charge in [0.05, 0.1) is 11.4 Å². The molecule has 3 rings (SSSR count). The van der Waals surface area contributed by atoms with Gasteiger partial charge in [0.15, 0.2) is 0 Å². The molecule has 118 valence electrons. The maximum Gasteiger partial charge on any atom is 0.123 e. The van der Waals surface area contributed by atoms with Crippen LogP contribution >= 0.6 is 11.8 Å². The number of fused-ring (bicyclic) bond motifs is 2. The van der Waals surface area contributed by atoms with E-state index in [4.69, 9.17) is 4.84 Å². The summed E-state index contributed by atoms with van der Waals surface area (Å²) in [5, 5.41) is 14.7. The van der Waals surface area contributed by atoms with Gasteiger partial charge in [-0.1, -0.05) is 22.9 Å². The fraction of sp³-hybridized carbons (Fsp3) is 0.471. The second-order valence-electron chi connectivity index (χ2n) is 5.71. The SMILES string of the molecule is CON=CCCC1=C(c2ccc(F)cc2)CC2CC(O)C1S2.